The fraction of sp³-hybridized carbons (Fsp3) is 0.533. The van der Waals surface area contributed by atoms with Gasteiger partial charge < -0.3 is 9.47 Å². The van der Waals surface area contributed by atoms with Crippen LogP contribution in [0.3, 0.4) is 0 Å². The Morgan fingerprint density at radius 3 is 2.61 bits per heavy atom. The molecule has 0 spiro atoms. The maximum absolute atomic E-state index is 8.98. The number of nitrogens with zero attached hydrogens (tertiary/aromatic N) is 1. The minimum absolute atomic E-state index is 0.106. The Balaban J connectivity index is 2.40. The summed E-state index contributed by atoms with van der Waals surface area (Å²) < 4.78 is 10.7. The highest BCUT2D eigenvalue weighted by Crippen LogP contribution is 2.38. The van der Waals surface area contributed by atoms with Crippen molar-refractivity contribution in [2.24, 2.45) is 0 Å². The first-order valence-electron chi connectivity index (χ1n) is 6.26. The van der Waals surface area contributed by atoms with Crippen LogP contribution in [0, 0.1) is 11.3 Å². The van der Waals surface area contributed by atoms with E-state index in [4.69, 9.17) is 14.7 Å². The SMILES string of the molecule is COc1ccc(C2(CC#N)COC2)cc1C(C)C. The first kappa shape index (κ1) is 12.9. The molecule has 0 radical (unpaired) electrons. The molecule has 0 aromatic heterocycles. The number of benzene rings is 1. The van der Waals surface area contributed by atoms with Crippen molar-refractivity contribution in [1.29, 1.82) is 5.26 Å². The summed E-state index contributed by atoms with van der Waals surface area (Å²) in [5.41, 5.74) is 2.28. The van der Waals surface area contributed by atoms with Crippen LogP contribution in [0.15, 0.2) is 18.2 Å². The van der Waals surface area contributed by atoms with Gasteiger partial charge in [0.05, 0.1) is 31.8 Å². The van der Waals surface area contributed by atoms with E-state index in [9.17, 15) is 0 Å². The van der Waals surface area contributed by atoms with Gasteiger partial charge >= 0.3 is 0 Å². The third-order valence-electron chi connectivity index (χ3n) is 3.64. The van der Waals surface area contributed by atoms with Gasteiger partial charge in [0.25, 0.3) is 0 Å². The van der Waals surface area contributed by atoms with Crippen LogP contribution in [0.25, 0.3) is 0 Å². The average molecular weight is 245 g/mol. The Labute approximate surface area is 108 Å². The topological polar surface area (TPSA) is 42.2 Å². The third-order valence-corrected chi connectivity index (χ3v) is 3.64. The van der Waals surface area contributed by atoms with Crippen LogP contribution in [0.2, 0.25) is 0 Å². The number of hydrogen-bond donors (Lipinski definition) is 0. The Kier molecular flexibility index (Phi) is 3.58. The fourth-order valence-electron chi connectivity index (χ4n) is 2.39. The van der Waals surface area contributed by atoms with E-state index in [0.717, 1.165) is 5.75 Å². The van der Waals surface area contributed by atoms with Crippen LogP contribution in [0.5, 0.6) is 5.75 Å². The highest BCUT2D eigenvalue weighted by Gasteiger charge is 2.40. The lowest BCUT2D eigenvalue weighted by Gasteiger charge is -2.40. The second-order valence-corrected chi connectivity index (χ2v) is 5.22. The molecule has 0 saturated carbocycles. The predicted octanol–water partition coefficient (Wildman–Crippen LogP) is 3.00. The van der Waals surface area contributed by atoms with Crippen molar-refractivity contribution in [3.63, 3.8) is 0 Å². The number of methoxy groups -OCH3 is 1. The van der Waals surface area contributed by atoms with Crippen molar-refractivity contribution in [2.45, 2.75) is 31.6 Å². The van der Waals surface area contributed by atoms with Crippen molar-refractivity contribution >= 4 is 0 Å². The van der Waals surface area contributed by atoms with E-state index in [1.807, 2.05) is 6.07 Å². The van der Waals surface area contributed by atoms with Crippen molar-refractivity contribution in [2.75, 3.05) is 20.3 Å². The molecule has 1 saturated heterocycles. The Hall–Kier alpha value is -1.53. The van der Waals surface area contributed by atoms with Gasteiger partial charge in [-0.15, -0.1) is 0 Å². The van der Waals surface area contributed by atoms with Gasteiger partial charge in [-0.25, -0.2) is 0 Å². The lowest BCUT2D eigenvalue weighted by Crippen LogP contribution is -2.46. The summed E-state index contributed by atoms with van der Waals surface area (Å²) in [4.78, 5) is 0. The van der Waals surface area contributed by atoms with Crippen LogP contribution in [0.4, 0.5) is 0 Å². The molecule has 3 nitrogen and oxygen atoms in total. The van der Waals surface area contributed by atoms with Gasteiger partial charge in [-0.2, -0.15) is 5.26 Å². The number of ether oxygens (including phenoxy) is 2. The second kappa shape index (κ2) is 4.99. The van der Waals surface area contributed by atoms with Gasteiger partial charge in [0, 0.05) is 6.42 Å². The van der Waals surface area contributed by atoms with Crippen LogP contribution in [-0.4, -0.2) is 20.3 Å². The van der Waals surface area contributed by atoms with Gasteiger partial charge in [0.1, 0.15) is 5.75 Å². The summed E-state index contributed by atoms with van der Waals surface area (Å²) in [5, 5.41) is 8.98. The maximum atomic E-state index is 8.98. The minimum atomic E-state index is -0.106. The molecule has 96 valence electrons. The summed E-state index contributed by atoms with van der Waals surface area (Å²) in [6, 6.07) is 8.51. The van der Waals surface area contributed by atoms with E-state index in [1.165, 1.54) is 11.1 Å². The van der Waals surface area contributed by atoms with Crippen LogP contribution in [0.1, 0.15) is 37.3 Å². The molecule has 1 aromatic carbocycles. The molecule has 0 aliphatic carbocycles. The van der Waals surface area contributed by atoms with Crippen molar-refractivity contribution in [1.82, 2.24) is 0 Å². The molecule has 1 aromatic rings. The average Bonchev–Trinajstić information content (AvgIpc) is 2.33. The molecule has 1 fully saturated rings. The summed E-state index contributed by atoms with van der Waals surface area (Å²) >= 11 is 0. The second-order valence-electron chi connectivity index (χ2n) is 5.22. The van der Waals surface area contributed by atoms with Gasteiger partial charge in [0.2, 0.25) is 0 Å². The molecular weight excluding hydrogens is 226 g/mol. The van der Waals surface area contributed by atoms with Crippen LogP contribution >= 0.6 is 0 Å². The molecule has 1 heterocycles. The predicted molar refractivity (Wildman–Crippen MR) is 69.8 cm³/mol. The molecule has 0 unspecified atom stereocenters. The lowest BCUT2D eigenvalue weighted by atomic mass is 9.75. The molecule has 0 amide bonds. The number of hydrogen-bond acceptors (Lipinski definition) is 3. The Morgan fingerprint density at radius 1 is 1.44 bits per heavy atom. The summed E-state index contributed by atoms with van der Waals surface area (Å²) in [6.07, 6.45) is 0.511. The zero-order chi connectivity index (χ0) is 13.2. The normalized spacial score (nSPS) is 17.1. The van der Waals surface area contributed by atoms with Gasteiger partial charge in [-0.3, -0.25) is 0 Å². The van der Waals surface area contributed by atoms with Gasteiger partial charge in [-0.1, -0.05) is 26.0 Å². The molecule has 0 N–H and O–H groups in total. The highest BCUT2D eigenvalue weighted by molar-refractivity contribution is 5.43. The molecule has 2 rings (SSSR count). The standard InChI is InChI=1S/C15H19NO2/c1-11(2)13-8-12(4-5-14(13)17-3)15(6-7-16)9-18-10-15/h4-5,8,11H,6,9-10H2,1-3H3. The molecule has 0 bridgehead atoms. The van der Waals surface area contributed by atoms with E-state index in [2.05, 4.69) is 32.0 Å². The minimum Gasteiger partial charge on any atom is -0.496 e. The van der Waals surface area contributed by atoms with E-state index in [1.54, 1.807) is 7.11 Å². The molecule has 1 aliphatic heterocycles. The summed E-state index contributed by atoms with van der Waals surface area (Å²) in [7, 11) is 1.69. The summed E-state index contributed by atoms with van der Waals surface area (Å²) in [6.45, 7) is 5.58. The zero-order valence-corrected chi connectivity index (χ0v) is 11.2. The monoisotopic (exact) mass is 245 g/mol. The molecular formula is C15H19NO2. The van der Waals surface area contributed by atoms with Crippen molar-refractivity contribution < 1.29 is 9.47 Å². The summed E-state index contributed by atoms with van der Waals surface area (Å²) in [5.74, 6) is 1.32. The van der Waals surface area contributed by atoms with Gasteiger partial charge in [-0.05, 0) is 23.1 Å². The van der Waals surface area contributed by atoms with Crippen LogP contribution < -0.4 is 4.74 Å². The fourth-order valence-corrected chi connectivity index (χ4v) is 2.39. The van der Waals surface area contributed by atoms with E-state index in [-0.39, 0.29) is 5.41 Å². The van der Waals surface area contributed by atoms with Crippen molar-refractivity contribution in [3.05, 3.63) is 29.3 Å². The first-order valence-corrected chi connectivity index (χ1v) is 6.26. The number of nitriles is 1. The zero-order valence-electron chi connectivity index (χ0n) is 11.2. The molecule has 0 atom stereocenters. The lowest BCUT2D eigenvalue weighted by molar-refractivity contribution is -0.0577. The largest absolute Gasteiger partial charge is 0.496 e. The highest BCUT2D eigenvalue weighted by atomic mass is 16.5. The molecule has 3 heteroatoms. The van der Waals surface area contributed by atoms with E-state index in [0.29, 0.717) is 25.6 Å². The molecule has 18 heavy (non-hydrogen) atoms. The molecule has 1 aliphatic rings. The van der Waals surface area contributed by atoms with Crippen LogP contribution in [-0.2, 0) is 10.2 Å². The quantitative estimate of drug-likeness (QED) is 0.819. The Morgan fingerprint density at radius 2 is 2.17 bits per heavy atom. The maximum Gasteiger partial charge on any atom is 0.122 e. The third kappa shape index (κ3) is 2.09. The van der Waals surface area contributed by atoms with Gasteiger partial charge in [0.15, 0.2) is 0 Å². The van der Waals surface area contributed by atoms with E-state index >= 15 is 0 Å². The number of rotatable bonds is 4. The smallest absolute Gasteiger partial charge is 0.122 e. The first-order chi connectivity index (χ1) is 8.63. The van der Waals surface area contributed by atoms with E-state index < -0.39 is 0 Å². The Bertz CT molecular complexity index is 470. The van der Waals surface area contributed by atoms with Crippen molar-refractivity contribution in [3.8, 4) is 11.8 Å².